The molecule has 0 aliphatic carbocycles. The minimum Gasteiger partial charge on any atom is -0.688 e. The van der Waals surface area contributed by atoms with Crippen LogP contribution in [-0.2, 0) is 18.0 Å². The standard InChI is InChI=1S/C24H51O4Si3.Li/c1-22(2,3)29(10,11)26-18-20-21(28-31(14,15)24(7,8)9)19(16-17-25-20)27-30(12,13)23(4,5)6;/h16,19-21H,18H2,1-15H3;/q-1;+1/t19-,20-,21+;/m1./s1. The van der Waals surface area contributed by atoms with Gasteiger partial charge in [0.05, 0.1) is 12.7 Å². The van der Waals surface area contributed by atoms with Crippen LogP contribution >= 0.6 is 0 Å². The van der Waals surface area contributed by atoms with Crippen molar-refractivity contribution in [3.8, 4) is 0 Å². The average molecular weight is 495 g/mol. The number of rotatable bonds is 7. The molecule has 1 rings (SSSR count). The molecule has 0 saturated carbocycles. The second kappa shape index (κ2) is 10.7. The van der Waals surface area contributed by atoms with Gasteiger partial charge < -0.3 is 24.3 Å². The Kier molecular flexibility index (Phi) is 11.0. The Hall–Kier alpha value is 0.668. The molecule has 1 heterocycles. The monoisotopic (exact) mass is 494 g/mol. The van der Waals surface area contributed by atoms with Gasteiger partial charge in [-0.2, -0.15) is 0 Å². The summed E-state index contributed by atoms with van der Waals surface area (Å²) in [6.45, 7) is 34.7. The molecule has 0 aromatic rings. The van der Waals surface area contributed by atoms with Gasteiger partial charge in [-0.05, 0) is 54.4 Å². The van der Waals surface area contributed by atoms with Crippen molar-refractivity contribution < 1.29 is 36.9 Å². The second-order valence-electron chi connectivity index (χ2n) is 13.7. The van der Waals surface area contributed by atoms with E-state index in [9.17, 15) is 0 Å². The minimum atomic E-state index is -2.05. The molecule has 0 spiro atoms. The van der Waals surface area contributed by atoms with Crippen LogP contribution in [0.1, 0.15) is 62.3 Å². The van der Waals surface area contributed by atoms with Crippen molar-refractivity contribution in [1.29, 1.82) is 0 Å². The van der Waals surface area contributed by atoms with Gasteiger partial charge in [-0.1, -0.05) is 62.3 Å². The molecule has 1 aliphatic heterocycles. The van der Waals surface area contributed by atoms with Gasteiger partial charge in [0.15, 0.2) is 25.0 Å². The summed E-state index contributed by atoms with van der Waals surface area (Å²) in [7, 11) is -5.95. The van der Waals surface area contributed by atoms with Crippen molar-refractivity contribution in [2.75, 3.05) is 6.61 Å². The zero-order chi connectivity index (χ0) is 24.7. The molecule has 0 bridgehead atoms. The Bertz CT molecular complexity index is 629. The Labute approximate surface area is 215 Å². The maximum atomic E-state index is 6.95. The van der Waals surface area contributed by atoms with Crippen LogP contribution in [-0.4, -0.2) is 49.9 Å². The molecule has 0 saturated heterocycles. The zero-order valence-electron chi connectivity index (χ0n) is 24.1. The predicted molar refractivity (Wildman–Crippen MR) is 140 cm³/mol. The zero-order valence-corrected chi connectivity index (χ0v) is 27.1. The van der Waals surface area contributed by atoms with Crippen molar-refractivity contribution in [1.82, 2.24) is 0 Å². The van der Waals surface area contributed by atoms with E-state index in [4.69, 9.17) is 18.0 Å². The van der Waals surface area contributed by atoms with Crippen molar-refractivity contribution in [2.24, 2.45) is 0 Å². The van der Waals surface area contributed by atoms with Crippen LogP contribution in [0.2, 0.25) is 54.4 Å². The molecule has 184 valence electrons. The molecule has 0 aromatic carbocycles. The number of hydrogen-bond acceptors (Lipinski definition) is 4. The van der Waals surface area contributed by atoms with Gasteiger partial charge in [0.25, 0.3) is 0 Å². The first-order valence-corrected chi connectivity index (χ1v) is 20.5. The molecule has 0 radical (unpaired) electrons. The largest absolute Gasteiger partial charge is 1.00 e. The molecule has 0 unspecified atom stereocenters. The summed E-state index contributed by atoms with van der Waals surface area (Å²) in [4.78, 5) is 0. The predicted octanol–water partition coefficient (Wildman–Crippen LogP) is 4.51. The fraction of sp³-hybridized carbons (Fsp3) is 0.917. The van der Waals surface area contributed by atoms with Crippen LogP contribution in [0.4, 0.5) is 0 Å². The summed E-state index contributed by atoms with van der Waals surface area (Å²) < 4.78 is 26.4. The molecule has 8 heteroatoms. The molecule has 4 nitrogen and oxygen atoms in total. The molecule has 0 amide bonds. The summed E-state index contributed by atoms with van der Waals surface area (Å²) >= 11 is 0. The number of hydrogen-bond donors (Lipinski definition) is 0. The summed E-state index contributed by atoms with van der Waals surface area (Å²) in [6, 6.07) is 0. The van der Waals surface area contributed by atoms with Crippen LogP contribution in [0, 0.1) is 6.26 Å². The Morgan fingerprint density at radius 1 is 0.719 bits per heavy atom. The van der Waals surface area contributed by atoms with E-state index < -0.39 is 25.0 Å². The van der Waals surface area contributed by atoms with Gasteiger partial charge in [-0.25, -0.2) is 6.08 Å². The Morgan fingerprint density at radius 2 is 1.12 bits per heavy atom. The first kappa shape index (κ1) is 32.7. The fourth-order valence-corrected chi connectivity index (χ4v) is 6.05. The smallest absolute Gasteiger partial charge is 0.688 e. The van der Waals surface area contributed by atoms with Gasteiger partial charge in [-0.3, -0.25) is 0 Å². The normalized spacial score (nSPS) is 23.5. The maximum Gasteiger partial charge on any atom is 1.00 e. The molecule has 0 fully saturated rings. The summed E-state index contributed by atoms with van der Waals surface area (Å²) in [5.41, 5.74) is 0. The van der Waals surface area contributed by atoms with Gasteiger partial charge in [0.2, 0.25) is 0 Å². The second-order valence-corrected chi connectivity index (χ2v) is 28.0. The summed E-state index contributed by atoms with van der Waals surface area (Å²) in [6.07, 6.45) is 4.38. The molecule has 1 aliphatic rings. The van der Waals surface area contributed by atoms with Crippen LogP contribution in [0.3, 0.4) is 0 Å². The van der Waals surface area contributed by atoms with Crippen LogP contribution < -0.4 is 18.9 Å². The van der Waals surface area contributed by atoms with Gasteiger partial charge in [0.1, 0.15) is 12.2 Å². The van der Waals surface area contributed by atoms with E-state index in [0.29, 0.717) is 6.61 Å². The van der Waals surface area contributed by atoms with Crippen LogP contribution in [0.25, 0.3) is 0 Å². The summed E-state index contributed by atoms with van der Waals surface area (Å²) in [5.74, 6) is 0. The molecule has 3 atom stereocenters. The first-order valence-electron chi connectivity index (χ1n) is 11.8. The van der Waals surface area contributed by atoms with Crippen LogP contribution in [0.5, 0.6) is 0 Å². The van der Waals surface area contributed by atoms with Crippen molar-refractivity contribution in [3.05, 3.63) is 12.3 Å². The Morgan fingerprint density at radius 3 is 1.53 bits per heavy atom. The van der Waals surface area contributed by atoms with Gasteiger partial charge >= 0.3 is 18.9 Å². The van der Waals surface area contributed by atoms with Crippen LogP contribution in [0.15, 0.2) is 6.08 Å². The quantitative estimate of drug-likeness (QED) is 0.385. The van der Waals surface area contributed by atoms with Gasteiger partial charge in [0, 0.05) is 0 Å². The SMILES string of the molecule is CC(C)(C)[Si](C)(C)OC[C@H]1O[C-]=C[C@@H](O[Si](C)(C)C(C)(C)C)[C@@H]1O[Si](C)(C)C(C)(C)C.[Li+]. The first-order chi connectivity index (χ1) is 13.5. The van der Waals surface area contributed by atoms with Crippen molar-refractivity contribution in [2.45, 2.75) is 135 Å². The average Bonchev–Trinajstić information content (AvgIpc) is 2.51. The topological polar surface area (TPSA) is 36.9 Å². The van der Waals surface area contributed by atoms with Crippen molar-refractivity contribution in [3.63, 3.8) is 0 Å². The fourth-order valence-electron chi connectivity index (χ4n) is 2.48. The molecular weight excluding hydrogens is 443 g/mol. The third kappa shape index (κ3) is 8.12. The molecule has 32 heavy (non-hydrogen) atoms. The Balaban J connectivity index is 0.00000961. The third-order valence-electron chi connectivity index (χ3n) is 8.03. The molecular formula is C24H51LiO4Si3. The third-order valence-corrected chi connectivity index (χ3v) is 21.5. The van der Waals surface area contributed by atoms with Gasteiger partial charge in [-0.15, -0.1) is 0 Å². The van der Waals surface area contributed by atoms with E-state index >= 15 is 0 Å². The van der Waals surface area contributed by atoms with E-state index in [1.807, 2.05) is 6.08 Å². The number of ether oxygens (including phenoxy) is 1. The van der Waals surface area contributed by atoms with E-state index in [0.717, 1.165) is 0 Å². The van der Waals surface area contributed by atoms with E-state index in [1.54, 1.807) is 0 Å². The molecule has 0 aromatic heterocycles. The minimum absolute atomic E-state index is 0. The summed E-state index contributed by atoms with van der Waals surface area (Å²) in [5, 5.41) is 0.367. The van der Waals surface area contributed by atoms with E-state index in [-0.39, 0.29) is 52.3 Å². The van der Waals surface area contributed by atoms with E-state index in [2.05, 4.69) is 108 Å². The maximum absolute atomic E-state index is 6.95. The van der Waals surface area contributed by atoms with Crippen molar-refractivity contribution >= 4 is 25.0 Å². The molecule has 0 N–H and O–H groups in total. The van der Waals surface area contributed by atoms with E-state index in [1.165, 1.54) is 0 Å².